The van der Waals surface area contributed by atoms with Crippen molar-refractivity contribution in [2.45, 2.75) is 56.8 Å². The van der Waals surface area contributed by atoms with Gasteiger partial charge in [0.15, 0.2) is 0 Å². The van der Waals surface area contributed by atoms with E-state index in [1.165, 1.54) is 116 Å². The largest absolute Gasteiger partial charge is 0.310 e. The highest BCUT2D eigenvalue weighted by Gasteiger charge is 2.61. The van der Waals surface area contributed by atoms with E-state index in [-0.39, 0.29) is 10.8 Å². The van der Waals surface area contributed by atoms with Gasteiger partial charge < -0.3 is 4.90 Å². The maximum Gasteiger partial charge on any atom is 0.0540 e. The predicted octanol–water partition coefficient (Wildman–Crippen LogP) is 15.7. The summed E-state index contributed by atoms with van der Waals surface area (Å²) in [6.45, 7) is 4.80. The van der Waals surface area contributed by atoms with Crippen molar-refractivity contribution in [3.8, 4) is 44.5 Å². The quantitative estimate of drug-likeness (QED) is 0.168. The normalized spacial score (nSPS) is 23.4. The summed E-state index contributed by atoms with van der Waals surface area (Å²) in [6.07, 6.45) is 6.97. The third-order valence-electron chi connectivity index (χ3n) is 16.0. The number of anilines is 3. The average molecular weight is 772 g/mol. The molecule has 0 unspecified atom stereocenters. The van der Waals surface area contributed by atoms with Crippen LogP contribution in [-0.4, -0.2) is 0 Å². The van der Waals surface area contributed by atoms with Gasteiger partial charge in [-0.2, -0.15) is 0 Å². The van der Waals surface area contributed by atoms with E-state index in [1.54, 1.807) is 11.1 Å². The van der Waals surface area contributed by atoms with Crippen LogP contribution in [0.4, 0.5) is 17.1 Å². The molecule has 0 atom stereocenters. The molecule has 4 bridgehead atoms. The van der Waals surface area contributed by atoms with Crippen LogP contribution in [0.5, 0.6) is 0 Å². The summed E-state index contributed by atoms with van der Waals surface area (Å²) >= 11 is 0. The second-order valence-corrected chi connectivity index (χ2v) is 19.3. The molecule has 6 aliphatic carbocycles. The summed E-state index contributed by atoms with van der Waals surface area (Å²) in [5.41, 5.74) is 20.4. The van der Waals surface area contributed by atoms with Crippen LogP contribution in [0, 0.1) is 23.7 Å². The lowest BCUT2D eigenvalue weighted by molar-refractivity contribution is -0.0399. The van der Waals surface area contributed by atoms with E-state index >= 15 is 0 Å². The Balaban J connectivity index is 1.04. The molecule has 4 fully saturated rings. The lowest BCUT2D eigenvalue weighted by atomic mass is 9.43. The molecule has 0 heterocycles. The van der Waals surface area contributed by atoms with E-state index in [4.69, 9.17) is 0 Å². The second kappa shape index (κ2) is 12.7. The van der Waals surface area contributed by atoms with E-state index in [0.717, 1.165) is 11.8 Å². The van der Waals surface area contributed by atoms with E-state index in [2.05, 4.69) is 195 Å². The van der Waals surface area contributed by atoms with Crippen LogP contribution in [0.25, 0.3) is 55.3 Å². The monoisotopic (exact) mass is 771 g/mol. The fraction of sp³-hybridized carbons (Fsp3) is 0.220. The first-order chi connectivity index (χ1) is 29.5. The molecule has 14 rings (SSSR count). The first-order valence-electron chi connectivity index (χ1n) is 22.4. The molecule has 8 aromatic carbocycles. The Morgan fingerprint density at radius 1 is 0.383 bits per heavy atom. The summed E-state index contributed by atoms with van der Waals surface area (Å²) in [5, 5.41) is 2.53. The fourth-order valence-electron chi connectivity index (χ4n) is 13.7. The Bertz CT molecular complexity index is 3000. The van der Waals surface area contributed by atoms with Crippen molar-refractivity contribution in [1.82, 2.24) is 0 Å². The zero-order valence-corrected chi connectivity index (χ0v) is 34.5. The summed E-state index contributed by atoms with van der Waals surface area (Å²) < 4.78 is 0. The minimum absolute atomic E-state index is 0.0830. The Kier molecular flexibility index (Phi) is 7.32. The molecule has 8 aromatic rings. The van der Waals surface area contributed by atoms with Crippen molar-refractivity contribution in [3.05, 3.63) is 198 Å². The summed E-state index contributed by atoms with van der Waals surface area (Å²) in [7, 11) is 0. The van der Waals surface area contributed by atoms with Gasteiger partial charge in [-0.1, -0.05) is 153 Å². The SMILES string of the molecule is CC1(C)c2ccccc2-c2ccc(N(c3ccc4c(c3)-c3ccc(-c5ccccc5)cc3C43C4CC5CC(C4)CC3C5)c3ccc(-c4ccccc4)c4ccccc34)cc21. The summed E-state index contributed by atoms with van der Waals surface area (Å²) in [4.78, 5) is 2.58. The van der Waals surface area contributed by atoms with Crippen LogP contribution in [-0.2, 0) is 10.8 Å². The Morgan fingerprint density at radius 2 is 0.967 bits per heavy atom. The molecule has 1 nitrogen and oxygen atoms in total. The zero-order chi connectivity index (χ0) is 39.7. The highest BCUT2D eigenvalue weighted by molar-refractivity contribution is 6.06. The van der Waals surface area contributed by atoms with Gasteiger partial charge in [-0.25, -0.2) is 0 Å². The molecule has 0 N–H and O–H groups in total. The molecular formula is C59H49N. The number of hydrogen-bond acceptors (Lipinski definition) is 1. The van der Waals surface area contributed by atoms with Gasteiger partial charge >= 0.3 is 0 Å². The van der Waals surface area contributed by atoms with Crippen LogP contribution in [0.15, 0.2) is 176 Å². The Labute approximate surface area is 354 Å². The highest BCUT2D eigenvalue weighted by atomic mass is 15.1. The molecule has 1 heteroatoms. The summed E-state index contributed by atoms with van der Waals surface area (Å²) in [5.74, 6) is 3.22. The van der Waals surface area contributed by atoms with Gasteiger partial charge in [0.25, 0.3) is 0 Å². The summed E-state index contributed by atoms with van der Waals surface area (Å²) in [6, 6.07) is 67.2. The average Bonchev–Trinajstić information content (AvgIpc) is 3.70. The van der Waals surface area contributed by atoms with Gasteiger partial charge in [-0.05, 0) is 164 Å². The number of rotatable bonds is 5. The minimum atomic E-state index is -0.105. The molecule has 6 aliphatic rings. The molecule has 0 aliphatic heterocycles. The van der Waals surface area contributed by atoms with Gasteiger partial charge in [0, 0.05) is 27.6 Å². The molecule has 0 aromatic heterocycles. The van der Waals surface area contributed by atoms with Gasteiger partial charge in [-0.3, -0.25) is 0 Å². The standard InChI is InChI=1S/C59H49N/c1-58(2)53-20-12-11-18-48(53)49-25-22-45(36-55(49)58)60(57-28-26-46(40-15-7-4-8-16-40)47-17-9-10-19-51(47)57)44-23-27-54-52(35-44)50-24-21-41(39-13-5-3-6-14-39)34-56(50)59(54)42-30-37-29-38(32-42)33-43(59)31-37/h3-28,34-38,42-43H,29-33H2,1-2H3. The first-order valence-corrected chi connectivity index (χ1v) is 22.4. The third-order valence-corrected chi connectivity index (χ3v) is 16.0. The number of nitrogens with zero attached hydrogens (tertiary/aromatic N) is 1. The Hall–Kier alpha value is -6.18. The highest BCUT2D eigenvalue weighted by Crippen LogP contribution is 2.70. The van der Waals surface area contributed by atoms with Gasteiger partial charge in [0.2, 0.25) is 0 Å². The lowest BCUT2D eigenvalue weighted by Crippen LogP contribution is -2.55. The predicted molar refractivity (Wildman–Crippen MR) is 250 cm³/mol. The van der Waals surface area contributed by atoms with Crippen LogP contribution in [0.1, 0.15) is 68.2 Å². The minimum Gasteiger partial charge on any atom is -0.310 e. The molecule has 4 saturated carbocycles. The molecular weight excluding hydrogens is 723 g/mol. The van der Waals surface area contributed by atoms with Crippen molar-refractivity contribution >= 4 is 27.8 Å². The molecule has 60 heavy (non-hydrogen) atoms. The molecule has 1 spiro atoms. The number of hydrogen-bond donors (Lipinski definition) is 0. The molecule has 0 radical (unpaired) electrons. The smallest absolute Gasteiger partial charge is 0.0540 e. The number of fused-ring (bicyclic) bond motifs is 7. The second-order valence-electron chi connectivity index (χ2n) is 19.3. The fourth-order valence-corrected chi connectivity index (χ4v) is 13.7. The van der Waals surface area contributed by atoms with Crippen LogP contribution in [0.3, 0.4) is 0 Å². The zero-order valence-electron chi connectivity index (χ0n) is 34.5. The van der Waals surface area contributed by atoms with Crippen LogP contribution >= 0.6 is 0 Å². The third kappa shape index (κ3) is 4.75. The van der Waals surface area contributed by atoms with Crippen molar-refractivity contribution in [3.63, 3.8) is 0 Å². The van der Waals surface area contributed by atoms with Gasteiger partial charge in [-0.15, -0.1) is 0 Å². The van der Waals surface area contributed by atoms with E-state index in [0.29, 0.717) is 11.8 Å². The number of benzene rings is 8. The van der Waals surface area contributed by atoms with Crippen LogP contribution < -0.4 is 4.90 Å². The lowest BCUT2D eigenvalue weighted by Gasteiger charge is -2.61. The molecule has 0 amide bonds. The van der Waals surface area contributed by atoms with Gasteiger partial charge in [0.1, 0.15) is 0 Å². The van der Waals surface area contributed by atoms with E-state index in [9.17, 15) is 0 Å². The first kappa shape index (κ1) is 34.7. The van der Waals surface area contributed by atoms with Crippen molar-refractivity contribution in [2.24, 2.45) is 23.7 Å². The van der Waals surface area contributed by atoms with Crippen molar-refractivity contribution < 1.29 is 0 Å². The molecule has 290 valence electrons. The maximum absolute atomic E-state index is 2.63. The van der Waals surface area contributed by atoms with Gasteiger partial charge in [0.05, 0.1) is 5.69 Å². The van der Waals surface area contributed by atoms with Crippen molar-refractivity contribution in [2.75, 3.05) is 4.90 Å². The topological polar surface area (TPSA) is 3.24 Å². The van der Waals surface area contributed by atoms with E-state index in [1.807, 2.05) is 0 Å². The van der Waals surface area contributed by atoms with Crippen molar-refractivity contribution in [1.29, 1.82) is 0 Å². The maximum atomic E-state index is 2.63. The van der Waals surface area contributed by atoms with Crippen LogP contribution in [0.2, 0.25) is 0 Å². The Morgan fingerprint density at radius 3 is 1.73 bits per heavy atom. The van der Waals surface area contributed by atoms with E-state index < -0.39 is 0 Å². The molecule has 0 saturated heterocycles.